The molecule has 2 aliphatic carbocycles. The number of rotatable bonds is 5. The molecule has 1 aromatic carbocycles. The Balaban J connectivity index is 1.76. The van der Waals surface area contributed by atoms with Crippen molar-refractivity contribution in [1.29, 1.82) is 0 Å². The third kappa shape index (κ3) is 2.30. The summed E-state index contributed by atoms with van der Waals surface area (Å²) in [7, 11) is 5.96. The molecular weight excluding hydrogens is 406 g/mol. The summed E-state index contributed by atoms with van der Waals surface area (Å²) in [4.78, 5) is 40.1. The van der Waals surface area contributed by atoms with Crippen molar-refractivity contribution >= 4 is 17.7 Å². The van der Waals surface area contributed by atoms with Gasteiger partial charge in [-0.25, -0.2) is 0 Å². The Labute approximate surface area is 179 Å². The Morgan fingerprint density at radius 3 is 2.26 bits per heavy atom. The second-order valence-corrected chi connectivity index (χ2v) is 8.55. The first-order valence-corrected chi connectivity index (χ1v) is 10.2. The molecule has 9 nitrogen and oxygen atoms in total. The zero-order chi connectivity index (χ0) is 22.3. The molecule has 5 rings (SSSR count). The molecule has 0 unspecified atom stereocenters. The van der Waals surface area contributed by atoms with Gasteiger partial charge in [0.2, 0.25) is 11.7 Å². The van der Waals surface area contributed by atoms with Crippen molar-refractivity contribution in [1.82, 2.24) is 4.90 Å². The van der Waals surface area contributed by atoms with Gasteiger partial charge in [0.15, 0.2) is 17.3 Å². The topological polar surface area (TPSA) is 101 Å². The number of benzene rings is 1. The van der Waals surface area contributed by atoms with E-state index in [1.54, 1.807) is 11.0 Å². The van der Waals surface area contributed by atoms with Gasteiger partial charge in [-0.2, -0.15) is 0 Å². The van der Waals surface area contributed by atoms with Crippen LogP contribution in [0.3, 0.4) is 0 Å². The molecule has 0 radical (unpaired) electrons. The fraction of sp³-hybridized carbons (Fsp3) is 0.591. The predicted molar refractivity (Wildman–Crippen MR) is 104 cm³/mol. The lowest BCUT2D eigenvalue weighted by molar-refractivity contribution is -0.236. The third-order valence-corrected chi connectivity index (χ3v) is 7.47. The molecule has 1 saturated heterocycles. The van der Waals surface area contributed by atoms with Gasteiger partial charge >= 0.3 is 5.97 Å². The van der Waals surface area contributed by atoms with Crippen molar-refractivity contribution in [3.8, 4) is 11.5 Å². The Morgan fingerprint density at radius 1 is 1.03 bits per heavy atom. The molecule has 31 heavy (non-hydrogen) atoms. The van der Waals surface area contributed by atoms with Gasteiger partial charge in [-0.15, -0.1) is 0 Å². The van der Waals surface area contributed by atoms with Gasteiger partial charge in [-0.1, -0.05) is 0 Å². The second kappa shape index (κ2) is 6.43. The molecule has 3 fully saturated rings. The number of ketones is 1. The van der Waals surface area contributed by atoms with Crippen molar-refractivity contribution in [2.75, 3.05) is 35.0 Å². The predicted octanol–water partition coefficient (Wildman–Crippen LogP) is 1.18. The van der Waals surface area contributed by atoms with Crippen LogP contribution in [0.1, 0.15) is 30.6 Å². The zero-order valence-electron chi connectivity index (χ0n) is 18.1. The van der Waals surface area contributed by atoms with E-state index >= 15 is 0 Å². The quantitative estimate of drug-likeness (QED) is 0.506. The molecule has 4 aliphatic rings. The number of esters is 1. The van der Waals surface area contributed by atoms with Crippen LogP contribution in [-0.4, -0.2) is 63.3 Å². The maximum Gasteiger partial charge on any atom is 0.303 e. The van der Waals surface area contributed by atoms with Crippen molar-refractivity contribution in [2.45, 2.75) is 30.8 Å². The van der Waals surface area contributed by atoms with Gasteiger partial charge in [0.05, 0.1) is 32.2 Å². The lowest BCUT2D eigenvalue weighted by Crippen LogP contribution is -2.63. The summed E-state index contributed by atoms with van der Waals surface area (Å²) in [5.74, 6) is -2.25. The van der Waals surface area contributed by atoms with Crippen LogP contribution in [0, 0.1) is 17.8 Å². The minimum Gasteiger partial charge on any atom is -0.493 e. The standard InChI is InChI=1S/C22H25NO8/c1-10(24)31-15-8-23-20(26)17-16-18(17)21(23,9-22(29-4,30-5)19(16)25)12-7-14(28-3)13(27-2)6-11(12)15/h6-7,15-18H,8-9H2,1-5H3/t15-,16+,17-,18+,21-/m1/s1. The molecule has 0 bridgehead atoms. The van der Waals surface area contributed by atoms with Crippen LogP contribution < -0.4 is 9.47 Å². The molecule has 0 aromatic heterocycles. The van der Waals surface area contributed by atoms with Crippen molar-refractivity contribution in [2.24, 2.45) is 17.8 Å². The minimum absolute atomic E-state index is 0.0956. The number of carbonyl (C=O) groups excluding carboxylic acids is 3. The van der Waals surface area contributed by atoms with Gasteiger partial charge in [0.25, 0.3) is 0 Å². The van der Waals surface area contributed by atoms with E-state index in [0.29, 0.717) is 11.5 Å². The maximum absolute atomic E-state index is 13.3. The van der Waals surface area contributed by atoms with E-state index in [1.807, 2.05) is 6.07 Å². The number of methoxy groups -OCH3 is 4. The first-order valence-electron chi connectivity index (χ1n) is 10.2. The summed E-state index contributed by atoms with van der Waals surface area (Å²) in [6, 6.07) is 3.62. The third-order valence-electron chi connectivity index (χ3n) is 7.47. The Bertz CT molecular complexity index is 1000. The molecule has 0 N–H and O–H groups in total. The van der Waals surface area contributed by atoms with Crippen LogP contribution in [0.2, 0.25) is 0 Å². The summed E-state index contributed by atoms with van der Waals surface area (Å²) in [6.45, 7) is 1.53. The van der Waals surface area contributed by atoms with Crippen LogP contribution in [-0.2, 0) is 34.1 Å². The van der Waals surface area contributed by atoms with Crippen molar-refractivity contribution in [3.63, 3.8) is 0 Å². The molecular formula is C22H25NO8. The number of carbonyl (C=O) groups is 3. The van der Waals surface area contributed by atoms with Crippen LogP contribution in [0.15, 0.2) is 12.1 Å². The number of hydrogen-bond acceptors (Lipinski definition) is 8. The van der Waals surface area contributed by atoms with Gasteiger partial charge in [-0.05, 0) is 17.7 Å². The average molecular weight is 431 g/mol. The van der Waals surface area contributed by atoms with Crippen LogP contribution in [0.25, 0.3) is 0 Å². The Morgan fingerprint density at radius 2 is 1.68 bits per heavy atom. The fourth-order valence-corrected chi connectivity index (χ4v) is 6.21. The first kappa shape index (κ1) is 20.3. The van der Waals surface area contributed by atoms with Crippen molar-refractivity contribution in [3.05, 3.63) is 23.3 Å². The monoisotopic (exact) mass is 431 g/mol. The normalized spacial score (nSPS) is 33.9. The fourth-order valence-electron chi connectivity index (χ4n) is 6.21. The number of Topliss-reactive ketones (excluding diaryl/α,β-unsaturated/α-hetero) is 1. The van der Waals surface area contributed by atoms with Gasteiger partial charge in [-0.3, -0.25) is 14.4 Å². The summed E-state index contributed by atoms with van der Waals surface area (Å²) >= 11 is 0. The van der Waals surface area contributed by atoms with E-state index in [2.05, 4.69) is 0 Å². The molecule has 1 amide bonds. The van der Waals surface area contributed by atoms with Crippen LogP contribution in [0.5, 0.6) is 11.5 Å². The van der Waals surface area contributed by atoms with Crippen molar-refractivity contribution < 1.29 is 38.1 Å². The largest absolute Gasteiger partial charge is 0.493 e. The summed E-state index contributed by atoms with van der Waals surface area (Å²) < 4.78 is 27.9. The van der Waals surface area contributed by atoms with E-state index in [-0.39, 0.29) is 30.6 Å². The zero-order valence-corrected chi connectivity index (χ0v) is 18.1. The van der Waals surface area contributed by atoms with E-state index in [1.165, 1.54) is 35.4 Å². The smallest absolute Gasteiger partial charge is 0.303 e. The van der Waals surface area contributed by atoms with E-state index in [0.717, 1.165) is 11.1 Å². The summed E-state index contributed by atoms with van der Waals surface area (Å²) in [6.07, 6.45) is -0.500. The summed E-state index contributed by atoms with van der Waals surface area (Å²) in [5, 5.41) is 0. The lowest BCUT2D eigenvalue weighted by atomic mass is 9.68. The van der Waals surface area contributed by atoms with E-state index < -0.39 is 35.2 Å². The number of nitrogens with zero attached hydrogens (tertiary/aromatic N) is 1. The molecule has 2 heterocycles. The highest BCUT2D eigenvalue weighted by Crippen LogP contribution is 2.73. The molecule has 1 spiro atoms. The molecule has 1 aromatic rings. The SMILES string of the molecule is COc1cc2c(cc1OC)[C@@]13CC(OC)(OC)C(=O)[C@H]4[C@@H](C(=O)N1C[C@H]2OC(C)=O)[C@H]43. The number of amides is 1. The molecule has 166 valence electrons. The van der Waals surface area contributed by atoms with Crippen LogP contribution >= 0.6 is 0 Å². The Hall–Kier alpha value is -2.65. The van der Waals surface area contributed by atoms with Gasteiger partial charge < -0.3 is 28.6 Å². The van der Waals surface area contributed by atoms with Gasteiger partial charge in [0.1, 0.15) is 6.10 Å². The molecule has 2 aliphatic heterocycles. The molecule has 9 heteroatoms. The number of fused-ring (bicyclic) bond motifs is 2. The highest BCUT2D eigenvalue weighted by molar-refractivity contribution is 6.03. The second-order valence-electron chi connectivity index (χ2n) is 8.55. The maximum atomic E-state index is 13.3. The van der Waals surface area contributed by atoms with Crippen LogP contribution in [0.4, 0.5) is 0 Å². The van der Waals surface area contributed by atoms with Gasteiger partial charge in [0, 0.05) is 45.0 Å². The minimum atomic E-state index is -1.45. The lowest BCUT2D eigenvalue weighted by Gasteiger charge is -2.53. The molecule has 5 atom stereocenters. The highest BCUT2D eigenvalue weighted by Gasteiger charge is 2.83. The first-order chi connectivity index (χ1) is 14.8. The highest BCUT2D eigenvalue weighted by atomic mass is 16.7. The average Bonchev–Trinajstić information content (AvgIpc) is 3.47. The Kier molecular flexibility index (Phi) is 4.20. The summed E-state index contributed by atoms with van der Waals surface area (Å²) in [5.41, 5.74) is 0.688. The van der Waals surface area contributed by atoms with E-state index in [4.69, 9.17) is 23.7 Å². The molecule has 2 saturated carbocycles. The number of ether oxygens (including phenoxy) is 5. The number of piperidine rings is 1. The number of hydrogen-bond donors (Lipinski definition) is 0. The van der Waals surface area contributed by atoms with E-state index in [9.17, 15) is 14.4 Å².